The molecule has 16 rings (SSSR count). The maximum absolute atomic E-state index is 12.8. The second kappa shape index (κ2) is 27.4. The van der Waals surface area contributed by atoms with Crippen LogP contribution in [0, 0.1) is 13.8 Å². The molecule has 2 fully saturated rings. The van der Waals surface area contributed by atoms with Crippen molar-refractivity contribution in [3.05, 3.63) is 210 Å². The average Bonchev–Trinajstić information content (AvgIpc) is 1.57. The van der Waals surface area contributed by atoms with Crippen LogP contribution in [0.3, 0.4) is 0 Å². The van der Waals surface area contributed by atoms with E-state index in [1.165, 1.54) is 7.40 Å². The van der Waals surface area contributed by atoms with Gasteiger partial charge in [-0.15, -0.1) is 0 Å². The van der Waals surface area contributed by atoms with Crippen molar-refractivity contribution in [1.29, 1.82) is 0 Å². The number of carbonyl (C=O) groups is 2. The largest absolute Gasteiger partial charge is 0.490 e. The highest BCUT2D eigenvalue weighted by Gasteiger charge is 2.43. The van der Waals surface area contributed by atoms with E-state index >= 15 is 0 Å². The predicted molar refractivity (Wildman–Crippen MR) is 391 cm³/mol. The number of amides is 2. The van der Waals surface area contributed by atoms with Crippen LogP contribution in [0.5, 0.6) is 0 Å². The molecule has 506 valence electrons. The van der Waals surface area contributed by atoms with E-state index in [1.807, 2.05) is 120 Å². The molecule has 4 aliphatic rings. The van der Waals surface area contributed by atoms with Crippen molar-refractivity contribution in [2.24, 2.45) is 0 Å². The highest BCUT2D eigenvalue weighted by atomic mass is 79.9. The lowest BCUT2D eigenvalue weighted by atomic mass is 9.71. The molecular weight excluding hydrogens is 1310 g/mol. The molecule has 2 aliphatic heterocycles. The van der Waals surface area contributed by atoms with Gasteiger partial charge in [-0.3, -0.25) is 13.5 Å². The molecule has 0 radical (unpaired) electrons. The molecule has 2 aliphatic carbocycles. The maximum atomic E-state index is 12.8. The Hall–Kier alpha value is -10.5. The second-order valence-corrected chi connectivity index (χ2v) is 27.5. The Balaban J connectivity index is 0.000000156. The Morgan fingerprint density at radius 2 is 1.03 bits per heavy atom. The van der Waals surface area contributed by atoms with Gasteiger partial charge in [0.25, 0.3) is 0 Å². The zero-order valence-corrected chi connectivity index (χ0v) is 58.5. The summed E-state index contributed by atoms with van der Waals surface area (Å²) in [5.41, 5.74) is 15.8. The quantitative estimate of drug-likeness (QED) is 0.0777. The number of alkyl carbamates (subject to hydrolysis) is 2. The molecular formula is C76H79BBrFN14O6. The molecule has 20 nitrogen and oxygen atoms in total. The maximum Gasteiger partial charge on any atom is 0.490 e. The summed E-state index contributed by atoms with van der Waals surface area (Å²) in [6, 6.07) is 45.2. The lowest BCUT2D eigenvalue weighted by Gasteiger charge is -2.43. The number of fused-ring (bicyclic) bond motifs is 12. The number of ether oxygens (including phenoxy) is 2. The first-order valence-corrected chi connectivity index (χ1v) is 33.3. The summed E-state index contributed by atoms with van der Waals surface area (Å²) in [6.07, 6.45) is 19.4. The summed E-state index contributed by atoms with van der Waals surface area (Å²) in [5.74, 6) is 3.19. The molecule has 0 atom stereocenters. The molecule has 0 saturated heterocycles. The third-order valence-electron chi connectivity index (χ3n) is 18.0. The van der Waals surface area contributed by atoms with Gasteiger partial charge in [-0.2, -0.15) is 0 Å². The Morgan fingerprint density at radius 1 is 0.586 bits per heavy atom. The minimum absolute atomic E-state index is 0.379. The van der Waals surface area contributed by atoms with E-state index in [1.54, 1.807) is 35.4 Å². The van der Waals surface area contributed by atoms with Gasteiger partial charge in [-0.25, -0.2) is 39.5 Å². The van der Waals surface area contributed by atoms with Crippen molar-refractivity contribution in [2.75, 3.05) is 17.8 Å². The van der Waals surface area contributed by atoms with Crippen LogP contribution in [0.1, 0.15) is 111 Å². The van der Waals surface area contributed by atoms with Gasteiger partial charge in [0.2, 0.25) is 0 Å². The van der Waals surface area contributed by atoms with Crippen LogP contribution in [0.15, 0.2) is 188 Å². The van der Waals surface area contributed by atoms with Crippen molar-refractivity contribution in [3.63, 3.8) is 0 Å². The summed E-state index contributed by atoms with van der Waals surface area (Å²) in [6.45, 7) is 15.2. The molecule has 6 N–H and O–H groups in total. The lowest BCUT2D eigenvalue weighted by Crippen LogP contribution is -2.52. The molecule has 8 aromatic heterocycles. The Kier molecular flexibility index (Phi) is 18.6. The Labute approximate surface area is 584 Å². The number of halogens is 2. The fourth-order valence-corrected chi connectivity index (χ4v) is 13.7. The highest BCUT2D eigenvalue weighted by molar-refractivity contribution is 9.10. The van der Waals surface area contributed by atoms with Gasteiger partial charge < -0.3 is 49.6 Å². The monoisotopic (exact) mass is 1390 g/mol. The van der Waals surface area contributed by atoms with Crippen molar-refractivity contribution in [1.82, 2.24) is 58.5 Å². The van der Waals surface area contributed by atoms with Crippen LogP contribution in [0.4, 0.5) is 37.0 Å². The number of carbonyl (C=O) groups excluding carboxylic acids is 2. The number of aryl methyl sites for hydroxylation is 2. The van der Waals surface area contributed by atoms with Crippen molar-refractivity contribution in [2.45, 2.75) is 124 Å². The Morgan fingerprint density at radius 3 is 1.49 bits per heavy atom. The number of hydrogen-bond acceptors (Lipinski definition) is 14. The van der Waals surface area contributed by atoms with E-state index in [2.05, 4.69) is 153 Å². The number of imidazole rings is 4. The topological polar surface area (TPSA) is 237 Å². The van der Waals surface area contributed by atoms with Gasteiger partial charge in [0.05, 0.1) is 58.1 Å². The number of nitrogens with one attached hydrogen (secondary N) is 4. The van der Waals surface area contributed by atoms with E-state index in [4.69, 9.17) is 35.8 Å². The molecule has 4 aromatic carbocycles. The van der Waals surface area contributed by atoms with Gasteiger partial charge in [0, 0.05) is 84.2 Å². The number of hydrogen-bond donors (Lipinski definition) is 6. The number of rotatable bonds is 8. The van der Waals surface area contributed by atoms with E-state index in [0.717, 1.165) is 168 Å². The van der Waals surface area contributed by atoms with Crippen LogP contribution in [-0.2, 0) is 20.6 Å². The van der Waals surface area contributed by atoms with Gasteiger partial charge in [-0.1, -0.05) is 80.2 Å². The summed E-state index contributed by atoms with van der Waals surface area (Å²) < 4.78 is 35.3. The number of pyridine rings is 4. The normalized spacial score (nSPS) is 14.1. The average molecular weight is 1400 g/mol. The van der Waals surface area contributed by atoms with Crippen LogP contribution in [-0.4, -0.2) is 95.6 Å². The van der Waals surface area contributed by atoms with E-state index in [0.29, 0.717) is 12.6 Å². The summed E-state index contributed by atoms with van der Waals surface area (Å²) in [5, 5.41) is 31.4. The van der Waals surface area contributed by atoms with Gasteiger partial charge >= 0.3 is 19.3 Å². The van der Waals surface area contributed by atoms with Crippen molar-refractivity contribution >= 4 is 75.0 Å². The minimum Gasteiger partial charge on any atom is -0.444 e. The van der Waals surface area contributed by atoms with Crippen molar-refractivity contribution < 1.29 is 34.9 Å². The summed E-state index contributed by atoms with van der Waals surface area (Å²) in [4.78, 5) is 53.7. The van der Waals surface area contributed by atoms with E-state index < -0.39 is 29.4 Å². The number of nitrogens with zero attached hydrogens (tertiary/aromatic N) is 10. The second-order valence-electron chi connectivity index (χ2n) is 26.8. The first kappa shape index (κ1) is 67.1. The van der Waals surface area contributed by atoms with Crippen molar-refractivity contribution in [3.8, 4) is 67.9 Å². The molecule has 0 spiro atoms. The predicted octanol–water partition coefficient (Wildman–Crippen LogP) is 16.1. The molecule has 23 heteroatoms. The first-order valence-electron chi connectivity index (χ1n) is 33.5. The number of benzene rings is 4. The molecule has 2 saturated carbocycles. The van der Waals surface area contributed by atoms with Gasteiger partial charge in [-0.05, 0) is 193 Å². The molecule has 2 amide bonds. The van der Waals surface area contributed by atoms with Gasteiger partial charge in [0.15, 0.2) is 11.6 Å². The molecule has 10 heterocycles. The first-order chi connectivity index (χ1) is 48.1. The molecule has 12 aromatic rings. The van der Waals surface area contributed by atoms with Crippen LogP contribution >= 0.6 is 15.9 Å². The Bertz CT molecular complexity index is 4970. The lowest BCUT2D eigenvalue weighted by molar-refractivity contribution is 0.0365. The molecule has 99 heavy (non-hydrogen) atoms. The summed E-state index contributed by atoms with van der Waals surface area (Å²) in [7, 11) is 0.326. The minimum atomic E-state index is -1.42. The third kappa shape index (κ3) is 13.5. The highest BCUT2D eigenvalue weighted by Crippen LogP contribution is 2.49. The SMILES string of the molecule is CC(C)(C)OC(=O)NC1(c2ccc(-c3c(Br)nc4n3-c3cccnc3Nc3ccccc3-4)cc2)CCC1.CF.Cc1cc2nccn2cc1-c1nc2n(c1-c1ccc(C3(NC(=O)OC(C)(C)C)CCC3)cc1)-c1cccnc1Nc1ccccc1-2.Cc1cc2nccn2cc1B(O)O.[2H]C. The fraction of sp³-hybridized carbons (Fsp3) is 0.263. The standard InChI is InChI=1S/C37H35N7O2.C29H28BrN5O2.C8H9BN2O2.CH3F.CH4/c1-23-21-30-38-19-20-43(30)22-27(23)31-32(24-12-14-25(15-13-24)37(16-8-17-37)42-35(45)46-36(2,3)4)44-29-11-7-18-39-33(29)40-28-10-6-5-9-26(28)34(44)41-31;1-28(2,3)37-27(36)34-29(15-7-16-29)19-13-11-18(12-14-19)23-24(30)33-26-20-8-4-5-9-21(20)32-25-22(35(23)26)10-6-17-31-25;1-6-4-8-10-2-3-11(8)5-7(6)9(12)13;1-2;/h5-7,9-15,18-22H,8,16-17H2,1-4H3,(H,39,40)(H,42,45);4-6,8-14,17H,7,15-16H2,1-3H3,(H,31,32)(H,34,36);2-5,12-13H,1H3;1H3;1H4/i;;;;1D. The van der Waals surface area contributed by atoms with Crippen LogP contribution in [0.25, 0.3) is 79.2 Å². The fourth-order valence-electron chi connectivity index (χ4n) is 13.1. The number of para-hydroxylation sites is 2. The number of anilines is 4. The molecule has 0 unspecified atom stereocenters. The van der Waals surface area contributed by atoms with Gasteiger partial charge in [0.1, 0.15) is 38.7 Å². The zero-order valence-electron chi connectivity index (χ0n) is 57.9. The number of aromatic nitrogens is 10. The van der Waals surface area contributed by atoms with Crippen LogP contribution < -0.4 is 26.7 Å². The molecule has 0 bridgehead atoms. The zero-order chi connectivity index (χ0) is 70.8. The summed E-state index contributed by atoms with van der Waals surface area (Å²) >= 11 is 3.74. The number of alkyl halides is 1. The van der Waals surface area contributed by atoms with E-state index in [9.17, 15) is 14.0 Å². The van der Waals surface area contributed by atoms with E-state index in [-0.39, 0.29) is 12.2 Å². The third-order valence-corrected chi connectivity index (χ3v) is 18.5. The smallest absolute Gasteiger partial charge is 0.444 e. The van der Waals surface area contributed by atoms with Crippen LogP contribution in [0.2, 0.25) is 0 Å².